The van der Waals surface area contributed by atoms with Crippen LogP contribution in [0.25, 0.3) is 0 Å². The fourth-order valence-corrected chi connectivity index (χ4v) is 2.21. The van der Waals surface area contributed by atoms with Crippen molar-refractivity contribution in [3.63, 3.8) is 0 Å². The lowest BCUT2D eigenvalue weighted by atomic mass is 10.3. The third-order valence-corrected chi connectivity index (χ3v) is 3.31. The predicted octanol–water partition coefficient (Wildman–Crippen LogP) is 1.70. The Bertz CT molecular complexity index is 275. The number of aliphatic hydroxyl groups excluding tert-OH is 1. The molecule has 0 spiro atoms. The maximum atomic E-state index is 8.94. The number of aliphatic hydroxyl groups is 1. The summed E-state index contributed by atoms with van der Waals surface area (Å²) >= 11 is 1.64. The van der Waals surface area contributed by atoms with Gasteiger partial charge in [0, 0.05) is 11.8 Å². The average Bonchev–Trinajstić information content (AvgIpc) is 2.60. The Balaban J connectivity index is 2.62. The molecule has 0 aliphatic rings. The molecule has 1 rings (SSSR count). The van der Waals surface area contributed by atoms with Crippen molar-refractivity contribution in [3.05, 3.63) is 23.7 Å². The normalized spacial score (nSPS) is 15.4. The largest absolute Gasteiger partial charge is 0.465 e. The molecule has 0 radical (unpaired) electrons. The van der Waals surface area contributed by atoms with E-state index in [1.165, 1.54) is 0 Å². The molecule has 0 aliphatic carbocycles. The first-order valence-corrected chi connectivity index (χ1v) is 5.64. The van der Waals surface area contributed by atoms with E-state index >= 15 is 0 Å². The SMILES string of the molecule is Cc1ccc(C(CN)SC(C)CO)o1. The summed E-state index contributed by atoms with van der Waals surface area (Å²) < 4.78 is 5.50. The second kappa shape index (κ2) is 5.44. The number of hydrogen-bond donors (Lipinski definition) is 2. The lowest BCUT2D eigenvalue weighted by Gasteiger charge is -2.15. The molecule has 3 N–H and O–H groups in total. The van der Waals surface area contributed by atoms with Crippen LogP contribution in [0.15, 0.2) is 16.5 Å². The van der Waals surface area contributed by atoms with Gasteiger partial charge in [-0.15, -0.1) is 11.8 Å². The highest BCUT2D eigenvalue weighted by Gasteiger charge is 2.16. The maximum absolute atomic E-state index is 8.94. The van der Waals surface area contributed by atoms with Crippen molar-refractivity contribution < 1.29 is 9.52 Å². The van der Waals surface area contributed by atoms with Gasteiger partial charge in [-0.1, -0.05) is 6.92 Å². The molecule has 1 aromatic rings. The molecular formula is C10H17NO2S. The predicted molar refractivity (Wildman–Crippen MR) is 59.4 cm³/mol. The molecule has 0 aliphatic heterocycles. The van der Waals surface area contributed by atoms with Crippen LogP contribution in [0.3, 0.4) is 0 Å². The van der Waals surface area contributed by atoms with Crippen molar-refractivity contribution in [3.8, 4) is 0 Å². The van der Waals surface area contributed by atoms with E-state index < -0.39 is 0 Å². The first kappa shape index (κ1) is 11.6. The van der Waals surface area contributed by atoms with Gasteiger partial charge < -0.3 is 15.3 Å². The van der Waals surface area contributed by atoms with Gasteiger partial charge in [0.15, 0.2) is 0 Å². The van der Waals surface area contributed by atoms with Crippen molar-refractivity contribution in [2.75, 3.05) is 13.2 Å². The third-order valence-electron chi connectivity index (χ3n) is 1.95. The zero-order valence-corrected chi connectivity index (χ0v) is 9.38. The lowest BCUT2D eigenvalue weighted by Crippen LogP contribution is -2.13. The number of aryl methyl sites for hydroxylation is 1. The van der Waals surface area contributed by atoms with Gasteiger partial charge in [-0.3, -0.25) is 0 Å². The number of furan rings is 1. The van der Waals surface area contributed by atoms with E-state index in [1.807, 2.05) is 26.0 Å². The summed E-state index contributed by atoms with van der Waals surface area (Å²) in [5, 5.41) is 9.27. The molecule has 3 nitrogen and oxygen atoms in total. The number of nitrogens with two attached hydrogens (primary N) is 1. The number of thioether (sulfide) groups is 1. The summed E-state index contributed by atoms with van der Waals surface area (Å²) in [6, 6.07) is 3.88. The van der Waals surface area contributed by atoms with Gasteiger partial charge >= 0.3 is 0 Å². The summed E-state index contributed by atoms with van der Waals surface area (Å²) in [6.07, 6.45) is 0. The lowest BCUT2D eigenvalue weighted by molar-refractivity contribution is 0.299. The standard InChI is InChI=1S/C10H17NO2S/c1-7-3-4-9(13-7)10(5-11)14-8(2)6-12/h3-4,8,10,12H,5-6,11H2,1-2H3. The van der Waals surface area contributed by atoms with Crippen molar-refractivity contribution in [1.29, 1.82) is 0 Å². The van der Waals surface area contributed by atoms with Gasteiger partial charge in [0.25, 0.3) is 0 Å². The fraction of sp³-hybridized carbons (Fsp3) is 0.600. The quantitative estimate of drug-likeness (QED) is 0.785. The van der Waals surface area contributed by atoms with E-state index in [4.69, 9.17) is 15.3 Å². The summed E-state index contributed by atoms with van der Waals surface area (Å²) in [4.78, 5) is 0. The summed E-state index contributed by atoms with van der Waals surface area (Å²) in [6.45, 7) is 4.59. The highest BCUT2D eigenvalue weighted by atomic mass is 32.2. The molecule has 0 amide bonds. The second-order valence-electron chi connectivity index (χ2n) is 3.30. The van der Waals surface area contributed by atoms with Gasteiger partial charge in [-0.05, 0) is 19.1 Å². The zero-order chi connectivity index (χ0) is 10.6. The Morgan fingerprint density at radius 1 is 1.57 bits per heavy atom. The highest BCUT2D eigenvalue weighted by Crippen LogP contribution is 2.31. The molecule has 0 aromatic carbocycles. The molecule has 14 heavy (non-hydrogen) atoms. The van der Waals surface area contributed by atoms with Gasteiger partial charge in [-0.2, -0.15) is 0 Å². The van der Waals surface area contributed by atoms with Crippen LogP contribution in [0.1, 0.15) is 23.7 Å². The Morgan fingerprint density at radius 3 is 2.71 bits per heavy atom. The first-order chi connectivity index (χ1) is 6.67. The van der Waals surface area contributed by atoms with E-state index in [2.05, 4.69) is 0 Å². The van der Waals surface area contributed by atoms with Gasteiger partial charge in [0.2, 0.25) is 0 Å². The molecule has 0 saturated heterocycles. The minimum Gasteiger partial charge on any atom is -0.465 e. The number of hydrogen-bond acceptors (Lipinski definition) is 4. The molecule has 1 heterocycles. The van der Waals surface area contributed by atoms with Crippen LogP contribution in [-0.4, -0.2) is 23.5 Å². The van der Waals surface area contributed by atoms with Gasteiger partial charge in [0.1, 0.15) is 11.5 Å². The van der Waals surface area contributed by atoms with Gasteiger partial charge in [-0.25, -0.2) is 0 Å². The van der Waals surface area contributed by atoms with Crippen LogP contribution in [0.4, 0.5) is 0 Å². The molecule has 2 atom stereocenters. The van der Waals surface area contributed by atoms with E-state index in [9.17, 15) is 0 Å². The Morgan fingerprint density at radius 2 is 2.29 bits per heavy atom. The van der Waals surface area contributed by atoms with Crippen molar-refractivity contribution in [2.45, 2.75) is 24.3 Å². The fourth-order valence-electron chi connectivity index (χ4n) is 1.19. The molecule has 2 unspecified atom stereocenters. The topological polar surface area (TPSA) is 59.4 Å². The second-order valence-corrected chi connectivity index (χ2v) is 4.95. The summed E-state index contributed by atoms with van der Waals surface area (Å²) in [5.41, 5.74) is 5.65. The van der Waals surface area contributed by atoms with Crippen LogP contribution in [0.2, 0.25) is 0 Å². The average molecular weight is 215 g/mol. The highest BCUT2D eigenvalue weighted by molar-refractivity contribution is 8.00. The van der Waals surface area contributed by atoms with E-state index in [0.29, 0.717) is 6.54 Å². The maximum Gasteiger partial charge on any atom is 0.118 e. The van der Waals surface area contributed by atoms with Gasteiger partial charge in [0.05, 0.1) is 11.9 Å². The van der Waals surface area contributed by atoms with E-state index in [1.54, 1.807) is 11.8 Å². The molecule has 0 fully saturated rings. The molecule has 4 heteroatoms. The molecule has 0 saturated carbocycles. The van der Waals surface area contributed by atoms with Crippen LogP contribution in [-0.2, 0) is 0 Å². The van der Waals surface area contributed by atoms with Crippen LogP contribution in [0.5, 0.6) is 0 Å². The Hall–Kier alpha value is -0.450. The van der Waals surface area contributed by atoms with Crippen LogP contribution < -0.4 is 5.73 Å². The smallest absolute Gasteiger partial charge is 0.118 e. The Kier molecular flexibility index (Phi) is 4.51. The summed E-state index contributed by atoms with van der Waals surface area (Å²) in [7, 11) is 0. The van der Waals surface area contributed by atoms with Crippen molar-refractivity contribution in [1.82, 2.24) is 0 Å². The number of rotatable bonds is 5. The van der Waals surface area contributed by atoms with Crippen LogP contribution >= 0.6 is 11.8 Å². The van der Waals surface area contributed by atoms with Crippen LogP contribution in [0, 0.1) is 6.92 Å². The van der Waals surface area contributed by atoms with Crippen molar-refractivity contribution >= 4 is 11.8 Å². The van der Waals surface area contributed by atoms with Crippen molar-refractivity contribution in [2.24, 2.45) is 5.73 Å². The third kappa shape index (κ3) is 3.04. The minimum atomic E-state index is 0.144. The summed E-state index contributed by atoms with van der Waals surface area (Å²) in [5.74, 6) is 1.80. The molecule has 0 bridgehead atoms. The minimum absolute atomic E-state index is 0.144. The molecule has 80 valence electrons. The monoisotopic (exact) mass is 215 g/mol. The Labute approximate surface area is 88.7 Å². The van der Waals surface area contributed by atoms with E-state index in [-0.39, 0.29) is 17.1 Å². The first-order valence-electron chi connectivity index (χ1n) is 4.70. The van der Waals surface area contributed by atoms with E-state index in [0.717, 1.165) is 11.5 Å². The molecule has 1 aromatic heterocycles. The molecular weight excluding hydrogens is 198 g/mol. The zero-order valence-electron chi connectivity index (χ0n) is 8.56.